The number of fused-ring (bicyclic) bond motifs is 1. The van der Waals surface area contributed by atoms with Crippen LogP contribution in [0.5, 0.6) is 11.5 Å². The van der Waals surface area contributed by atoms with Gasteiger partial charge in [-0.3, -0.25) is 10.1 Å². The van der Waals surface area contributed by atoms with Crippen LogP contribution in [0.15, 0.2) is 30.3 Å². The lowest BCUT2D eigenvalue weighted by molar-refractivity contribution is -0.385. The minimum atomic E-state index is -0.390. The van der Waals surface area contributed by atoms with E-state index < -0.39 is 0 Å². The van der Waals surface area contributed by atoms with Crippen LogP contribution in [0.4, 0.5) is 5.69 Å². The van der Waals surface area contributed by atoms with Gasteiger partial charge < -0.3 is 9.47 Å². The van der Waals surface area contributed by atoms with Crippen molar-refractivity contribution in [2.45, 2.75) is 25.7 Å². The zero-order valence-corrected chi connectivity index (χ0v) is 13.3. The van der Waals surface area contributed by atoms with Crippen LogP contribution in [0.25, 0.3) is 11.1 Å². The number of ether oxygens (including phenoxy) is 2. The third-order valence-electron chi connectivity index (χ3n) is 4.39. The molecule has 0 N–H and O–H groups in total. The van der Waals surface area contributed by atoms with Crippen LogP contribution in [0.2, 0.25) is 0 Å². The van der Waals surface area contributed by atoms with Crippen molar-refractivity contribution in [3.8, 4) is 22.6 Å². The van der Waals surface area contributed by atoms with Gasteiger partial charge in [0.1, 0.15) is 0 Å². The van der Waals surface area contributed by atoms with Crippen molar-refractivity contribution in [2.24, 2.45) is 0 Å². The Morgan fingerprint density at radius 2 is 1.78 bits per heavy atom. The predicted octanol–water partition coefficient (Wildman–Crippen LogP) is 4.16. The standard InChI is InChI=1S/C18H19NO4/c1-22-16-11-10-15(17(19(20)21)18(16)23-2)14-9-5-7-12-6-3-4-8-13(12)14/h5,7,9-11H,3-4,6,8H2,1-2H3. The summed E-state index contributed by atoms with van der Waals surface area (Å²) in [6.45, 7) is 0. The van der Waals surface area contributed by atoms with E-state index >= 15 is 0 Å². The molecule has 23 heavy (non-hydrogen) atoms. The highest BCUT2D eigenvalue weighted by atomic mass is 16.6. The van der Waals surface area contributed by atoms with Gasteiger partial charge in [-0.15, -0.1) is 0 Å². The molecule has 0 fully saturated rings. The van der Waals surface area contributed by atoms with Crippen LogP contribution in [0.1, 0.15) is 24.0 Å². The van der Waals surface area contributed by atoms with Gasteiger partial charge >= 0.3 is 5.69 Å². The number of benzene rings is 2. The lowest BCUT2D eigenvalue weighted by atomic mass is 9.85. The molecule has 0 spiro atoms. The van der Waals surface area contributed by atoms with Crippen molar-refractivity contribution in [1.82, 2.24) is 0 Å². The molecule has 0 aliphatic heterocycles. The first kappa shape index (κ1) is 15.3. The van der Waals surface area contributed by atoms with Crippen molar-refractivity contribution < 1.29 is 14.4 Å². The van der Waals surface area contributed by atoms with Crippen LogP contribution in [0.3, 0.4) is 0 Å². The molecular formula is C18H19NO4. The van der Waals surface area contributed by atoms with Crippen molar-refractivity contribution >= 4 is 5.69 Å². The van der Waals surface area contributed by atoms with Gasteiger partial charge in [-0.25, -0.2) is 0 Å². The van der Waals surface area contributed by atoms with E-state index in [9.17, 15) is 10.1 Å². The molecule has 5 heteroatoms. The van der Waals surface area contributed by atoms with Gasteiger partial charge in [-0.05, 0) is 54.5 Å². The molecule has 2 aromatic rings. The van der Waals surface area contributed by atoms with E-state index in [1.807, 2.05) is 12.1 Å². The maximum absolute atomic E-state index is 11.7. The molecule has 0 heterocycles. The summed E-state index contributed by atoms with van der Waals surface area (Å²) in [5.41, 5.74) is 3.99. The summed E-state index contributed by atoms with van der Waals surface area (Å²) in [6.07, 6.45) is 4.27. The highest BCUT2D eigenvalue weighted by molar-refractivity contribution is 5.82. The predicted molar refractivity (Wildman–Crippen MR) is 88.3 cm³/mol. The second-order valence-corrected chi connectivity index (χ2v) is 5.60. The maximum Gasteiger partial charge on any atom is 0.322 e. The number of rotatable bonds is 4. The average molecular weight is 313 g/mol. The molecule has 0 saturated carbocycles. The van der Waals surface area contributed by atoms with Crippen molar-refractivity contribution in [3.63, 3.8) is 0 Å². The highest BCUT2D eigenvalue weighted by Crippen LogP contribution is 2.45. The topological polar surface area (TPSA) is 61.6 Å². The molecule has 0 radical (unpaired) electrons. The largest absolute Gasteiger partial charge is 0.493 e. The molecule has 5 nitrogen and oxygen atoms in total. The molecule has 0 amide bonds. The Hall–Kier alpha value is -2.56. The second-order valence-electron chi connectivity index (χ2n) is 5.60. The van der Waals surface area contributed by atoms with E-state index in [0.717, 1.165) is 24.8 Å². The fourth-order valence-electron chi connectivity index (χ4n) is 3.34. The smallest absolute Gasteiger partial charge is 0.322 e. The lowest BCUT2D eigenvalue weighted by Gasteiger charge is -2.20. The maximum atomic E-state index is 11.7. The van der Waals surface area contributed by atoms with Gasteiger partial charge in [0, 0.05) is 0 Å². The van der Waals surface area contributed by atoms with E-state index in [1.165, 1.54) is 31.8 Å². The first-order valence-corrected chi connectivity index (χ1v) is 7.68. The first-order valence-electron chi connectivity index (χ1n) is 7.68. The molecule has 0 atom stereocenters. The van der Waals surface area contributed by atoms with Crippen LogP contribution in [0, 0.1) is 10.1 Å². The Bertz CT molecular complexity index is 755. The minimum Gasteiger partial charge on any atom is -0.493 e. The Morgan fingerprint density at radius 1 is 1.00 bits per heavy atom. The van der Waals surface area contributed by atoms with Crippen LogP contribution < -0.4 is 9.47 Å². The van der Waals surface area contributed by atoms with Gasteiger partial charge in [0.15, 0.2) is 5.75 Å². The number of methoxy groups -OCH3 is 2. The normalized spacial score (nSPS) is 13.3. The summed E-state index contributed by atoms with van der Waals surface area (Å²) in [5, 5.41) is 11.7. The lowest BCUT2D eigenvalue weighted by Crippen LogP contribution is -2.06. The minimum absolute atomic E-state index is 0.0363. The summed E-state index contributed by atoms with van der Waals surface area (Å²) in [7, 11) is 2.90. The molecule has 1 aliphatic rings. The van der Waals surface area contributed by atoms with Crippen LogP contribution in [-0.2, 0) is 12.8 Å². The van der Waals surface area contributed by atoms with Crippen molar-refractivity contribution in [2.75, 3.05) is 14.2 Å². The first-order chi connectivity index (χ1) is 11.2. The zero-order chi connectivity index (χ0) is 16.4. The summed E-state index contributed by atoms with van der Waals surface area (Å²) < 4.78 is 10.5. The third kappa shape index (κ3) is 2.63. The molecule has 0 aromatic heterocycles. The van der Waals surface area contributed by atoms with Crippen molar-refractivity contribution in [1.29, 1.82) is 0 Å². The summed E-state index contributed by atoms with van der Waals surface area (Å²) >= 11 is 0. The Kier molecular flexibility index (Phi) is 4.19. The van der Waals surface area contributed by atoms with Gasteiger partial charge in [-0.1, -0.05) is 18.2 Å². The second kappa shape index (κ2) is 6.28. The Morgan fingerprint density at radius 3 is 2.48 bits per heavy atom. The third-order valence-corrected chi connectivity index (χ3v) is 4.39. The Labute approximate surface area is 135 Å². The van der Waals surface area contributed by atoms with Gasteiger partial charge in [0.05, 0.1) is 24.7 Å². The molecular weight excluding hydrogens is 294 g/mol. The molecule has 3 rings (SSSR count). The van der Waals surface area contributed by atoms with Crippen LogP contribution >= 0.6 is 0 Å². The summed E-state index contributed by atoms with van der Waals surface area (Å²) in [5.74, 6) is 0.538. The number of hydrogen-bond donors (Lipinski definition) is 0. The molecule has 0 bridgehead atoms. The molecule has 120 valence electrons. The molecule has 2 aromatic carbocycles. The summed E-state index contributed by atoms with van der Waals surface area (Å²) in [4.78, 5) is 11.3. The zero-order valence-electron chi connectivity index (χ0n) is 13.3. The van der Waals surface area contributed by atoms with Gasteiger partial charge in [-0.2, -0.15) is 0 Å². The van der Waals surface area contributed by atoms with E-state index in [2.05, 4.69) is 6.07 Å². The number of nitro groups is 1. The number of hydrogen-bond acceptors (Lipinski definition) is 4. The average Bonchev–Trinajstić information content (AvgIpc) is 2.59. The molecule has 0 unspecified atom stereocenters. The molecule has 1 aliphatic carbocycles. The fraction of sp³-hybridized carbons (Fsp3) is 0.333. The number of nitro benzene ring substituents is 1. The van der Waals surface area contributed by atoms with Crippen LogP contribution in [-0.4, -0.2) is 19.1 Å². The summed E-state index contributed by atoms with van der Waals surface area (Å²) in [6, 6.07) is 9.52. The Balaban J connectivity index is 2.27. The fourth-order valence-corrected chi connectivity index (χ4v) is 3.34. The quantitative estimate of drug-likeness (QED) is 0.628. The van der Waals surface area contributed by atoms with Gasteiger partial charge in [0.25, 0.3) is 0 Å². The molecule has 0 saturated heterocycles. The highest BCUT2D eigenvalue weighted by Gasteiger charge is 2.28. The van der Waals surface area contributed by atoms with Crippen molar-refractivity contribution in [3.05, 3.63) is 51.6 Å². The van der Waals surface area contributed by atoms with E-state index in [4.69, 9.17) is 9.47 Å². The number of nitrogens with zero attached hydrogens (tertiary/aromatic N) is 1. The number of aryl methyl sites for hydroxylation is 1. The SMILES string of the molecule is COc1ccc(-c2cccc3c2CCCC3)c([N+](=O)[O-])c1OC. The monoisotopic (exact) mass is 313 g/mol. The van der Waals surface area contributed by atoms with Gasteiger partial charge in [0.2, 0.25) is 5.75 Å². The van der Waals surface area contributed by atoms with E-state index in [-0.39, 0.29) is 16.4 Å². The van der Waals surface area contributed by atoms with E-state index in [1.54, 1.807) is 12.1 Å². The van der Waals surface area contributed by atoms with E-state index in [0.29, 0.717) is 11.3 Å².